The van der Waals surface area contributed by atoms with E-state index in [1.165, 1.54) is 12.1 Å². The van der Waals surface area contributed by atoms with Crippen LogP contribution in [-0.4, -0.2) is 12.5 Å². The van der Waals surface area contributed by atoms with Gasteiger partial charge in [-0.05, 0) is 43.0 Å². The van der Waals surface area contributed by atoms with Crippen LogP contribution in [0.2, 0.25) is 0 Å². The van der Waals surface area contributed by atoms with Crippen molar-refractivity contribution in [3.05, 3.63) is 65.7 Å². The van der Waals surface area contributed by atoms with Gasteiger partial charge in [-0.15, -0.1) is 0 Å². The van der Waals surface area contributed by atoms with Gasteiger partial charge in [0.1, 0.15) is 5.75 Å². The number of carbonyl (C=O) groups is 1. The van der Waals surface area contributed by atoms with Crippen LogP contribution >= 0.6 is 0 Å². The second-order valence-corrected chi connectivity index (χ2v) is 6.80. The molecule has 5 heteroatoms. The van der Waals surface area contributed by atoms with Gasteiger partial charge in [0.2, 0.25) is 5.91 Å². The zero-order valence-electron chi connectivity index (χ0n) is 14.8. The van der Waals surface area contributed by atoms with E-state index in [4.69, 9.17) is 0 Å². The fourth-order valence-corrected chi connectivity index (χ4v) is 3.74. The first-order chi connectivity index (χ1) is 12.5. The Labute approximate surface area is 152 Å². The Hall–Kier alpha value is -2.43. The molecule has 0 aromatic heterocycles. The van der Waals surface area contributed by atoms with Crippen molar-refractivity contribution in [3.8, 4) is 5.75 Å². The SMILES string of the molecule is CC(NC(=O)C1(c2ccccc2)CCCC1)c1ccc(OC(F)F)cc1. The van der Waals surface area contributed by atoms with Gasteiger partial charge in [0, 0.05) is 0 Å². The van der Waals surface area contributed by atoms with Crippen LogP contribution in [0.15, 0.2) is 54.6 Å². The lowest BCUT2D eigenvalue weighted by atomic mass is 9.77. The fraction of sp³-hybridized carbons (Fsp3) is 0.381. The van der Waals surface area contributed by atoms with Crippen LogP contribution in [0.3, 0.4) is 0 Å². The highest BCUT2D eigenvalue weighted by Crippen LogP contribution is 2.41. The maximum absolute atomic E-state index is 13.1. The molecule has 3 rings (SSSR count). The summed E-state index contributed by atoms with van der Waals surface area (Å²) in [6, 6.07) is 16.1. The Morgan fingerprint density at radius 2 is 1.65 bits per heavy atom. The molecule has 0 spiro atoms. The second-order valence-electron chi connectivity index (χ2n) is 6.80. The number of hydrogen-bond donors (Lipinski definition) is 1. The molecule has 2 aromatic rings. The van der Waals surface area contributed by atoms with Crippen LogP contribution in [-0.2, 0) is 10.2 Å². The third kappa shape index (κ3) is 3.87. The molecule has 1 amide bonds. The fourth-order valence-electron chi connectivity index (χ4n) is 3.74. The Morgan fingerprint density at radius 3 is 2.23 bits per heavy atom. The molecule has 1 saturated carbocycles. The lowest BCUT2D eigenvalue weighted by Gasteiger charge is -2.30. The highest BCUT2D eigenvalue weighted by Gasteiger charge is 2.42. The summed E-state index contributed by atoms with van der Waals surface area (Å²) in [6.45, 7) is -0.944. The minimum Gasteiger partial charge on any atom is -0.435 e. The summed E-state index contributed by atoms with van der Waals surface area (Å²) < 4.78 is 28.9. The molecule has 1 unspecified atom stereocenters. The van der Waals surface area contributed by atoms with E-state index in [2.05, 4.69) is 10.1 Å². The van der Waals surface area contributed by atoms with Gasteiger partial charge in [-0.1, -0.05) is 55.3 Å². The summed E-state index contributed by atoms with van der Waals surface area (Å²) in [5.74, 6) is 0.139. The maximum Gasteiger partial charge on any atom is 0.387 e. The van der Waals surface area contributed by atoms with Crippen molar-refractivity contribution >= 4 is 5.91 Å². The van der Waals surface area contributed by atoms with E-state index in [1.807, 2.05) is 37.3 Å². The number of nitrogens with one attached hydrogen (secondary N) is 1. The molecule has 0 heterocycles. The molecule has 3 nitrogen and oxygen atoms in total. The molecule has 2 aromatic carbocycles. The van der Waals surface area contributed by atoms with Crippen LogP contribution in [0, 0.1) is 0 Å². The summed E-state index contributed by atoms with van der Waals surface area (Å²) in [4.78, 5) is 13.1. The van der Waals surface area contributed by atoms with Crippen molar-refractivity contribution in [2.45, 2.75) is 50.7 Å². The minimum absolute atomic E-state index is 0.0293. The van der Waals surface area contributed by atoms with Crippen LogP contribution in [0.1, 0.15) is 49.8 Å². The molecule has 1 aliphatic rings. The van der Waals surface area contributed by atoms with Gasteiger partial charge in [-0.25, -0.2) is 0 Å². The van der Waals surface area contributed by atoms with Gasteiger partial charge in [-0.3, -0.25) is 4.79 Å². The van der Waals surface area contributed by atoms with Crippen molar-refractivity contribution < 1.29 is 18.3 Å². The number of benzene rings is 2. The molecular weight excluding hydrogens is 336 g/mol. The zero-order valence-corrected chi connectivity index (χ0v) is 14.8. The molecule has 1 fully saturated rings. The Morgan fingerprint density at radius 1 is 1.04 bits per heavy atom. The molecule has 1 aliphatic carbocycles. The normalized spacial score (nSPS) is 17.1. The third-order valence-corrected chi connectivity index (χ3v) is 5.17. The van der Waals surface area contributed by atoms with Gasteiger partial charge in [0.05, 0.1) is 11.5 Å². The monoisotopic (exact) mass is 359 g/mol. The van der Waals surface area contributed by atoms with E-state index in [0.717, 1.165) is 36.8 Å². The van der Waals surface area contributed by atoms with Crippen LogP contribution in [0.25, 0.3) is 0 Å². The first-order valence-corrected chi connectivity index (χ1v) is 8.92. The second kappa shape index (κ2) is 7.85. The van der Waals surface area contributed by atoms with E-state index >= 15 is 0 Å². The number of hydrogen-bond acceptors (Lipinski definition) is 2. The van der Waals surface area contributed by atoms with Crippen LogP contribution in [0.4, 0.5) is 8.78 Å². The predicted octanol–water partition coefficient (Wildman–Crippen LogP) is 4.98. The van der Waals surface area contributed by atoms with Crippen molar-refractivity contribution in [1.82, 2.24) is 5.32 Å². The van der Waals surface area contributed by atoms with E-state index < -0.39 is 12.0 Å². The molecular formula is C21H23F2NO2. The number of halogens is 2. The Kier molecular flexibility index (Phi) is 5.55. The molecule has 1 N–H and O–H groups in total. The summed E-state index contributed by atoms with van der Waals surface area (Å²) in [7, 11) is 0. The molecule has 138 valence electrons. The quantitative estimate of drug-likeness (QED) is 0.790. The standard InChI is InChI=1S/C21H23F2NO2/c1-15(16-9-11-18(12-10-16)26-20(22)23)24-19(25)21(13-5-6-14-21)17-7-3-2-4-8-17/h2-4,7-12,15,20H,5-6,13-14H2,1H3,(H,24,25). The average Bonchev–Trinajstić information content (AvgIpc) is 3.13. The smallest absolute Gasteiger partial charge is 0.387 e. The van der Waals surface area contributed by atoms with Crippen molar-refractivity contribution in [2.24, 2.45) is 0 Å². The topological polar surface area (TPSA) is 38.3 Å². The lowest BCUT2D eigenvalue weighted by Crippen LogP contribution is -2.43. The summed E-state index contributed by atoms with van der Waals surface area (Å²) >= 11 is 0. The van der Waals surface area contributed by atoms with E-state index in [9.17, 15) is 13.6 Å². The summed E-state index contributed by atoms with van der Waals surface area (Å²) in [5.41, 5.74) is 1.43. The van der Waals surface area contributed by atoms with Gasteiger partial charge >= 0.3 is 6.61 Å². The molecule has 0 bridgehead atoms. The van der Waals surface area contributed by atoms with Crippen molar-refractivity contribution in [1.29, 1.82) is 0 Å². The zero-order chi connectivity index (χ0) is 18.6. The third-order valence-electron chi connectivity index (χ3n) is 5.17. The highest BCUT2D eigenvalue weighted by molar-refractivity contribution is 5.88. The predicted molar refractivity (Wildman–Crippen MR) is 96.2 cm³/mol. The molecule has 0 radical (unpaired) electrons. The van der Waals surface area contributed by atoms with Gasteiger partial charge in [0.15, 0.2) is 0 Å². The van der Waals surface area contributed by atoms with Gasteiger partial charge in [0.25, 0.3) is 0 Å². The van der Waals surface area contributed by atoms with E-state index in [0.29, 0.717) is 0 Å². The largest absolute Gasteiger partial charge is 0.435 e. The molecule has 0 saturated heterocycles. The molecule has 26 heavy (non-hydrogen) atoms. The van der Waals surface area contributed by atoms with Crippen molar-refractivity contribution in [2.75, 3.05) is 0 Å². The summed E-state index contributed by atoms with van der Waals surface area (Å²) in [6.07, 6.45) is 3.76. The van der Waals surface area contributed by atoms with Gasteiger partial charge < -0.3 is 10.1 Å². The maximum atomic E-state index is 13.1. The van der Waals surface area contributed by atoms with E-state index in [-0.39, 0.29) is 17.7 Å². The van der Waals surface area contributed by atoms with Crippen LogP contribution in [0.5, 0.6) is 5.75 Å². The van der Waals surface area contributed by atoms with Gasteiger partial charge in [-0.2, -0.15) is 8.78 Å². The molecule has 1 atom stereocenters. The number of carbonyl (C=O) groups excluding carboxylic acids is 1. The molecule has 0 aliphatic heterocycles. The number of alkyl halides is 2. The summed E-state index contributed by atoms with van der Waals surface area (Å²) in [5, 5.41) is 3.11. The van der Waals surface area contributed by atoms with E-state index in [1.54, 1.807) is 12.1 Å². The Balaban J connectivity index is 1.73. The van der Waals surface area contributed by atoms with Crippen molar-refractivity contribution in [3.63, 3.8) is 0 Å². The van der Waals surface area contributed by atoms with Crippen LogP contribution < -0.4 is 10.1 Å². The number of amides is 1. The minimum atomic E-state index is -2.84. The number of ether oxygens (including phenoxy) is 1. The Bertz CT molecular complexity index is 725. The first kappa shape index (κ1) is 18.4. The lowest BCUT2D eigenvalue weighted by molar-refractivity contribution is -0.127. The number of rotatable bonds is 6. The average molecular weight is 359 g/mol. The first-order valence-electron chi connectivity index (χ1n) is 8.92. The highest BCUT2D eigenvalue weighted by atomic mass is 19.3.